The van der Waals surface area contributed by atoms with Crippen LogP contribution in [0.25, 0.3) is 107 Å². The van der Waals surface area contributed by atoms with Crippen molar-refractivity contribution < 1.29 is 8.83 Å². The molecular weight excluding hydrogens is 865 g/mol. The van der Waals surface area contributed by atoms with E-state index in [1.807, 2.05) is 30.5 Å². The number of hydrogen-bond acceptors (Lipinski definition) is 7. The molecular formula is C62H36N4O2S. The van der Waals surface area contributed by atoms with Gasteiger partial charge in [0.05, 0.1) is 23.3 Å². The number of furan rings is 2. The Morgan fingerprint density at radius 3 is 1.36 bits per heavy atom. The first-order valence-corrected chi connectivity index (χ1v) is 23.9. The lowest BCUT2D eigenvalue weighted by Crippen LogP contribution is -2.12. The van der Waals surface area contributed by atoms with E-state index in [2.05, 4.69) is 198 Å². The smallest absolute Gasteiger partial charge is 0.157 e. The Kier molecular flexibility index (Phi) is 8.13. The zero-order chi connectivity index (χ0) is 45.2. The SMILES string of the molecule is c1ccc2c(c1)cc(N(c1ccc3c(c1)oc1ccccc13)c1ccc3c(c1)sc1nc(N(c4ccc5c(c4)oc4ccccc45)c4cc5ccccc5c5ccccc45)cnc13)c1ccccc12. The molecule has 11 aromatic carbocycles. The first-order valence-electron chi connectivity index (χ1n) is 23.1. The maximum atomic E-state index is 6.51. The van der Waals surface area contributed by atoms with Gasteiger partial charge in [-0.15, -0.1) is 11.3 Å². The van der Waals surface area contributed by atoms with E-state index in [1.54, 1.807) is 11.3 Å². The van der Waals surface area contributed by atoms with Gasteiger partial charge < -0.3 is 13.7 Å². The summed E-state index contributed by atoms with van der Waals surface area (Å²) < 4.78 is 14.1. The van der Waals surface area contributed by atoms with E-state index in [1.165, 1.54) is 26.9 Å². The van der Waals surface area contributed by atoms with Crippen molar-refractivity contribution in [1.82, 2.24) is 9.97 Å². The van der Waals surface area contributed by atoms with Crippen LogP contribution in [0.4, 0.5) is 34.3 Å². The molecule has 0 fully saturated rings. The average molecular weight is 901 g/mol. The monoisotopic (exact) mass is 900 g/mol. The predicted octanol–water partition coefficient (Wildman–Crippen LogP) is 18.2. The van der Waals surface area contributed by atoms with Crippen LogP contribution in [0.15, 0.2) is 227 Å². The topological polar surface area (TPSA) is 58.5 Å². The lowest BCUT2D eigenvalue weighted by atomic mass is 9.99. The molecule has 0 radical (unpaired) electrons. The van der Waals surface area contributed by atoms with E-state index >= 15 is 0 Å². The van der Waals surface area contributed by atoms with E-state index in [9.17, 15) is 0 Å². The van der Waals surface area contributed by atoms with Gasteiger partial charge in [-0.1, -0.05) is 133 Å². The van der Waals surface area contributed by atoms with Crippen LogP contribution in [0.1, 0.15) is 0 Å². The fourth-order valence-corrected chi connectivity index (χ4v) is 11.8. The van der Waals surface area contributed by atoms with Gasteiger partial charge in [0.15, 0.2) is 5.82 Å². The van der Waals surface area contributed by atoms with Crippen LogP contribution in [0.3, 0.4) is 0 Å². The number of rotatable bonds is 6. The van der Waals surface area contributed by atoms with Crippen LogP contribution >= 0.6 is 11.3 Å². The summed E-state index contributed by atoms with van der Waals surface area (Å²) in [5, 5.41) is 14.8. The molecule has 0 unspecified atom stereocenters. The highest BCUT2D eigenvalue weighted by molar-refractivity contribution is 7.25. The molecule has 7 heteroatoms. The van der Waals surface area contributed by atoms with Gasteiger partial charge in [-0.25, -0.2) is 9.97 Å². The van der Waals surface area contributed by atoms with Crippen LogP contribution < -0.4 is 9.80 Å². The molecule has 0 saturated carbocycles. The number of para-hydroxylation sites is 2. The number of benzene rings is 11. The van der Waals surface area contributed by atoms with Gasteiger partial charge in [-0.2, -0.15) is 0 Å². The Morgan fingerprint density at radius 2 is 0.783 bits per heavy atom. The molecule has 0 bridgehead atoms. The van der Waals surface area contributed by atoms with Crippen LogP contribution in [-0.4, -0.2) is 9.97 Å². The molecule has 322 valence electrons. The molecule has 0 aliphatic rings. The maximum Gasteiger partial charge on any atom is 0.157 e. The van der Waals surface area contributed by atoms with Crippen molar-refractivity contribution in [3.63, 3.8) is 0 Å². The summed E-state index contributed by atoms with van der Waals surface area (Å²) >= 11 is 1.67. The highest BCUT2D eigenvalue weighted by Crippen LogP contribution is 2.47. The van der Waals surface area contributed by atoms with Gasteiger partial charge in [0, 0.05) is 65.9 Å². The molecule has 4 heterocycles. The predicted molar refractivity (Wildman–Crippen MR) is 289 cm³/mol. The second kappa shape index (κ2) is 14.7. The van der Waals surface area contributed by atoms with E-state index in [0.717, 1.165) is 109 Å². The molecule has 0 aliphatic heterocycles. The molecule has 69 heavy (non-hydrogen) atoms. The van der Waals surface area contributed by atoms with Crippen molar-refractivity contribution in [3.8, 4) is 0 Å². The number of nitrogens with zero attached hydrogens (tertiary/aromatic N) is 4. The normalized spacial score (nSPS) is 12.1. The van der Waals surface area contributed by atoms with Crippen molar-refractivity contribution in [3.05, 3.63) is 219 Å². The van der Waals surface area contributed by atoms with Gasteiger partial charge >= 0.3 is 0 Å². The van der Waals surface area contributed by atoms with Crippen LogP contribution in [-0.2, 0) is 0 Å². The molecule has 0 N–H and O–H groups in total. The highest BCUT2D eigenvalue weighted by atomic mass is 32.1. The largest absolute Gasteiger partial charge is 0.456 e. The zero-order valence-electron chi connectivity index (χ0n) is 36.8. The molecule has 15 aromatic rings. The first-order chi connectivity index (χ1) is 34.2. The Bertz CT molecular complexity index is 4310. The number of thiophene rings is 1. The van der Waals surface area contributed by atoms with Gasteiger partial charge in [0.2, 0.25) is 0 Å². The van der Waals surface area contributed by atoms with E-state index in [4.69, 9.17) is 18.8 Å². The molecule has 0 amide bonds. The third-order valence-electron chi connectivity index (χ3n) is 13.9. The summed E-state index contributed by atoms with van der Waals surface area (Å²) in [6, 6.07) is 75.4. The molecule has 0 saturated heterocycles. The molecule has 4 aromatic heterocycles. The second-order valence-electron chi connectivity index (χ2n) is 17.7. The molecule has 0 aliphatic carbocycles. The summed E-state index contributed by atoms with van der Waals surface area (Å²) in [7, 11) is 0. The van der Waals surface area contributed by atoms with Crippen LogP contribution in [0.2, 0.25) is 0 Å². The van der Waals surface area contributed by atoms with Crippen molar-refractivity contribution in [1.29, 1.82) is 0 Å². The van der Waals surface area contributed by atoms with Gasteiger partial charge in [0.1, 0.15) is 32.7 Å². The van der Waals surface area contributed by atoms with E-state index in [-0.39, 0.29) is 0 Å². The molecule has 15 rings (SSSR count). The second-order valence-corrected chi connectivity index (χ2v) is 18.7. The number of hydrogen-bond donors (Lipinski definition) is 0. The maximum absolute atomic E-state index is 6.51. The van der Waals surface area contributed by atoms with E-state index < -0.39 is 0 Å². The summed E-state index contributed by atoms with van der Waals surface area (Å²) in [5.74, 6) is 0.716. The minimum absolute atomic E-state index is 0.716. The average Bonchev–Trinajstić information content (AvgIpc) is 4.09. The highest BCUT2D eigenvalue weighted by Gasteiger charge is 2.24. The fourth-order valence-electron chi connectivity index (χ4n) is 10.7. The first kappa shape index (κ1) is 38.1. The summed E-state index contributed by atoms with van der Waals surface area (Å²) in [5.41, 5.74) is 9.31. The Labute approximate surface area is 398 Å². The summed E-state index contributed by atoms with van der Waals surface area (Å²) in [4.78, 5) is 16.2. The Hall–Kier alpha value is -9.04. The van der Waals surface area contributed by atoms with Gasteiger partial charge in [0.25, 0.3) is 0 Å². The quantitative estimate of drug-likeness (QED) is 0.155. The van der Waals surface area contributed by atoms with Crippen molar-refractivity contribution in [2.45, 2.75) is 0 Å². The lowest BCUT2D eigenvalue weighted by Gasteiger charge is -2.27. The van der Waals surface area contributed by atoms with Crippen LogP contribution in [0.5, 0.6) is 0 Å². The third-order valence-corrected chi connectivity index (χ3v) is 14.9. The van der Waals surface area contributed by atoms with Gasteiger partial charge in [-0.05, 0) is 99.0 Å². The lowest BCUT2D eigenvalue weighted by molar-refractivity contribution is 0.668. The zero-order valence-corrected chi connectivity index (χ0v) is 37.6. The Morgan fingerprint density at radius 1 is 0.348 bits per heavy atom. The van der Waals surface area contributed by atoms with Crippen LogP contribution in [0, 0.1) is 0 Å². The minimum atomic E-state index is 0.716. The molecule has 6 nitrogen and oxygen atoms in total. The number of anilines is 6. The van der Waals surface area contributed by atoms with Crippen molar-refractivity contribution >= 4 is 153 Å². The summed E-state index contributed by atoms with van der Waals surface area (Å²) in [6.45, 7) is 0. The molecule has 0 atom stereocenters. The fraction of sp³-hybridized carbons (Fsp3) is 0. The third kappa shape index (κ3) is 5.84. The van der Waals surface area contributed by atoms with Crippen molar-refractivity contribution in [2.75, 3.05) is 9.80 Å². The van der Waals surface area contributed by atoms with Crippen molar-refractivity contribution in [2.24, 2.45) is 0 Å². The van der Waals surface area contributed by atoms with Gasteiger partial charge in [-0.3, -0.25) is 4.90 Å². The number of aromatic nitrogens is 2. The standard InChI is InChI=1S/C62H36N4O2S/c1-3-15-42-37(13-1)31-53(46-19-7-5-17-44(42)46)65(39-25-28-50-48-21-9-11-23-55(48)67-57(50)33-39)41-27-30-52-59(35-41)69-62-61(52)63-36-60(64-62)66(40-26-29-51-49-22-10-12-24-56(49)68-58(51)34-40)54-32-38-14-2-4-16-43(38)45-18-6-8-20-47(45)54/h1-36H. The Balaban J connectivity index is 0.933. The molecule has 0 spiro atoms. The summed E-state index contributed by atoms with van der Waals surface area (Å²) in [6.07, 6.45) is 1.92. The van der Waals surface area contributed by atoms with E-state index in [0.29, 0.717) is 5.82 Å². The minimum Gasteiger partial charge on any atom is -0.456 e. The number of fused-ring (bicyclic) bond motifs is 15.